The average Bonchev–Trinajstić information content (AvgIpc) is 2.71. The first-order chi connectivity index (χ1) is 13.5. The predicted octanol–water partition coefficient (Wildman–Crippen LogP) is 4.90. The van der Waals surface area contributed by atoms with Crippen LogP contribution in [0.1, 0.15) is 30.0 Å². The molecule has 0 saturated carbocycles. The molecule has 2 aromatic carbocycles. The SMILES string of the molecule is COc1cccc(OC)c1C(c1ccc(Cl)c(Cl)c1)N1CCCC(C(=O)O)C1. The summed E-state index contributed by atoms with van der Waals surface area (Å²) < 4.78 is 11.3. The number of benzene rings is 2. The molecule has 2 aromatic rings. The smallest absolute Gasteiger partial charge is 0.307 e. The monoisotopic (exact) mass is 423 g/mol. The van der Waals surface area contributed by atoms with E-state index in [0.717, 1.165) is 24.1 Å². The first-order valence-electron chi connectivity index (χ1n) is 9.09. The maximum atomic E-state index is 11.6. The summed E-state index contributed by atoms with van der Waals surface area (Å²) >= 11 is 12.4. The Morgan fingerprint density at radius 1 is 1.14 bits per heavy atom. The van der Waals surface area contributed by atoms with Crippen LogP contribution in [0.4, 0.5) is 0 Å². The third kappa shape index (κ3) is 4.22. The van der Waals surface area contributed by atoms with Crippen molar-refractivity contribution < 1.29 is 19.4 Å². The number of halogens is 2. The van der Waals surface area contributed by atoms with E-state index in [2.05, 4.69) is 4.90 Å². The van der Waals surface area contributed by atoms with Crippen LogP contribution in [-0.2, 0) is 4.79 Å². The van der Waals surface area contributed by atoms with E-state index in [9.17, 15) is 9.90 Å². The fourth-order valence-electron chi connectivity index (χ4n) is 3.83. The molecule has 1 fully saturated rings. The third-order valence-corrected chi connectivity index (χ3v) is 5.91. The number of hydrogen-bond acceptors (Lipinski definition) is 4. The number of carbonyl (C=O) groups is 1. The summed E-state index contributed by atoms with van der Waals surface area (Å²) in [5.41, 5.74) is 1.75. The van der Waals surface area contributed by atoms with Crippen molar-refractivity contribution >= 4 is 29.2 Å². The van der Waals surface area contributed by atoms with Gasteiger partial charge in [-0.3, -0.25) is 9.69 Å². The van der Waals surface area contributed by atoms with E-state index in [4.69, 9.17) is 32.7 Å². The highest BCUT2D eigenvalue weighted by atomic mass is 35.5. The van der Waals surface area contributed by atoms with Gasteiger partial charge in [-0.05, 0) is 49.2 Å². The van der Waals surface area contributed by atoms with Crippen molar-refractivity contribution in [1.29, 1.82) is 0 Å². The lowest BCUT2D eigenvalue weighted by molar-refractivity contribution is -0.143. The van der Waals surface area contributed by atoms with E-state index in [1.165, 1.54) is 0 Å². The van der Waals surface area contributed by atoms with Crippen molar-refractivity contribution in [3.05, 3.63) is 57.6 Å². The molecule has 1 heterocycles. The minimum Gasteiger partial charge on any atom is -0.496 e. The zero-order chi connectivity index (χ0) is 20.3. The average molecular weight is 424 g/mol. The number of carboxylic acids is 1. The summed E-state index contributed by atoms with van der Waals surface area (Å²) in [5, 5.41) is 10.5. The number of carboxylic acid groups (broad SMARTS) is 1. The largest absolute Gasteiger partial charge is 0.496 e. The Morgan fingerprint density at radius 2 is 1.82 bits per heavy atom. The summed E-state index contributed by atoms with van der Waals surface area (Å²) in [6, 6.07) is 10.8. The first kappa shape index (κ1) is 20.8. The Kier molecular flexibility index (Phi) is 6.70. The van der Waals surface area contributed by atoms with Crippen LogP contribution in [0, 0.1) is 5.92 Å². The summed E-state index contributed by atoms with van der Waals surface area (Å²) in [6.45, 7) is 1.19. The second-order valence-corrected chi connectivity index (χ2v) is 7.64. The number of rotatable bonds is 6. The van der Waals surface area contributed by atoms with Gasteiger partial charge in [-0.1, -0.05) is 35.3 Å². The van der Waals surface area contributed by atoms with Gasteiger partial charge < -0.3 is 14.6 Å². The molecule has 0 aliphatic carbocycles. The predicted molar refractivity (Wildman–Crippen MR) is 110 cm³/mol. The van der Waals surface area contributed by atoms with Gasteiger partial charge in [0, 0.05) is 6.54 Å². The molecule has 0 aromatic heterocycles. The first-order valence-corrected chi connectivity index (χ1v) is 9.84. The van der Waals surface area contributed by atoms with E-state index in [1.54, 1.807) is 20.3 Å². The summed E-state index contributed by atoms with van der Waals surface area (Å²) in [5.74, 6) is 0.157. The number of methoxy groups -OCH3 is 2. The lowest BCUT2D eigenvalue weighted by Gasteiger charge is -2.38. The standard InChI is InChI=1S/C21H23Cl2NO4/c1-27-17-6-3-7-18(28-2)19(17)20(13-8-9-15(22)16(23)11-13)24-10-4-5-14(12-24)21(25)26/h3,6-9,11,14,20H,4-5,10,12H2,1-2H3,(H,25,26). The molecule has 0 bridgehead atoms. The minimum absolute atomic E-state index is 0.275. The molecule has 0 amide bonds. The van der Waals surface area contributed by atoms with Crippen molar-refractivity contribution in [3.63, 3.8) is 0 Å². The highest BCUT2D eigenvalue weighted by Crippen LogP contribution is 2.43. The number of hydrogen-bond donors (Lipinski definition) is 1. The van der Waals surface area contributed by atoms with Gasteiger partial charge in [0.2, 0.25) is 0 Å². The fraction of sp³-hybridized carbons (Fsp3) is 0.381. The highest BCUT2D eigenvalue weighted by molar-refractivity contribution is 6.42. The molecule has 5 nitrogen and oxygen atoms in total. The van der Waals surface area contributed by atoms with Gasteiger partial charge in [-0.15, -0.1) is 0 Å². The Morgan fingerprint density at radius 3 is 2.39 bits per heavy atom. The zero-order valence-electron chi connectivity index (χ0n) is 15.8. The number of likely N-dealkylation sites (tertiary alicyclic amines) is 1. The molecule has 7 heteroatoms. The van der Waals surface area contributed by atoms with Gasteiger partial charge in [-0.25, -0.2) is 0 Å². The molecular formula is C21H23Cl2NO4. The van der Waals surface area contributed by atoms with Gasteiger partial charge in [0.1, 0.15) is 11.5 Å². The van der Waals surface area contributed by atoms with Crippen LogP contribution < -0.4 is 9.47 Å². The fourth-order valence-corrected chi connectivity index (χ4v) is 4.14. The molecule has 150 valence electrons. The van der Waals surface area contributed by atoms with Gasteiger partial charge >= 0.3 is 5.97 Å². The van der Waals surface area contributed by atoms with E-state index in [0.29, 0.717) is 34.5 Å². The van der Waals surface area contributed by atoms with Gasteiger partial charge in [-0.2, -0.15) is 0 Å². The Hall–Kier alpha value is -1.95. The molecule has 0 spiro atoms. The van der Waals surface area contributed by atoms with E-state index >= 15 is 0 Å². The zero-order valence-corrected chi connectivity index (χ0v) is 17.3. The molecule has 1 aliphatic heterocycles. The van der Waals surface area contributed by atoms with Crippen LogP contribution in [0.5, 0.6) is 11.5 Å². The molecule has 2 atom stereocenters. The number of aliphatic carboxylic acids is 1. The van der Waals surface area contributed by atoms with Crippen molar-refractivity contribution in [2.75, 3.05) is 27.3 Å². The van der Waals surface area contributed by atoms with Gasteiger partial charge in [0.05, 0.1) is 41.8 Å². The molecule has 1 aliphatic rings. The Labute approximate surface area is 174 Å². The molecule has 1 saturated heterocycles. The Balaban J connectivity index is 2.15. The lowest BCUT2D eigenvalue weighted by Crippen LogP contribution is -2.41. The highest BCUT2D eigenvalue weighted by Gasteiger charge is 2.34. The van der Waals surface area contributed by atoms with E-state index in [-0.39, 0.29) is 6.04 Å². The third-order valence-electron chi connectivity index (χ3n) is 5.17. The van der Waals surface area contributed by atoms with E-state index in [1.807, 2.05) is 30.3 Å². The summed E-state index contributed by atoms with van der Waals surface area (Å²) in [6.07, 6.45) is 1.47. The maximum Gasteiger partial charge on any atom is 0.307 e. The van der Waals surface area contributed by atoms with E-state index < -0.39 is 11.9 Å². The van der Waals surface area contributed by atoms with Crippen molar-refractivity contribution in [2.45, 2.75) is 18.9 Å². The number of piperidine rings is 1. The van der Waals surface area contributed by atoms with Crippen LogP contribution in [0.2, 0.25) is 10.0 Å². The molecule has 2 unspecified atom stereocenters. The van der Waals surface area contributed by atoms with Crippen LogP contribution in [0.3, 0.4) is 0 Å². The van der Waals surface area contributed by atoms with Gasteiger partial charge in [0.15, 0.2) is 0 Å². The minimum atomic E-state index is -0.774. The Bertz CT molecular complexity index is 836. The van der Waals surface area contributed by atoms with Crippen LogP contribution >= 0.6 is 23.2 Å². The maximum absolute atomic E-state index is 11.6. The summed E-state index contributed by atoms with van der Waals surface area (Å²) in [4.78, 5) is 13.8. The second kappa shape index (κ2) is 9.03. The summed E-state index contributed by atoms with van der Waals surface area (Å²) in [7, 11) is 3.22. The van der Waals surface area contributed by atoms with Crippen molar-refractivity contribution in [1.82, 2.24) is 4.90 Å². The normalized spacial score (nSPS) is 18.5. The molecule has 1 N–H and O–H groups in total. The van der Waals surface area contributed by atoms with Gasteiger partial charge in [0.25, 0.3) is 0 Å². The molecule has 28 heavy (non-hydrogen) atoms. The number of nitrogens with zero attached hydrogens (tertiary/aromatic N) is 1. The lowest BCUT2D eigenvalue weighted by atomic mass is 9.90. The quantitative estimate of drug-likeness (QED) is 0.715. The molecular weight excluding hydrogens is 401 g/mol. The van der Waals surface area contributed by atoms with Crippen molar-refractivity contribution in [2.24, 2.45) is 5.92 Å². The van der Waals surface area contributed by atoms with Crippen molar-refractivity contribution in [3.8, 4) is 11.5 Å². The van der Waals surface area contributed by atoms with Crippen LogP contribution in [0.15, 0.2) is 36.4 Å². The second-order valence-electron chi connectivity index (χ2n) is 6.82. The van der Waals surface area contributed by atoms with Crippen LogP contribution in [-0.4, -0.2) is 43.3 Å². The molecule has 3 rings (SSSR count). The topological polar surface area (TPSA) is 59.0 Å². The number of ether oxygens (including phenoxy) is 2. The molecule has 0 radical (unpaired) electrons. The van der Waals surface area contributed by atoms with Crippen LogP contribution in [0.25, 0.3) is 0 Å².